The summed E-state index contributed by atoms with van der Waals surface area (Å²) in [6.45, 7) is 11.0. The van der Waals surface area contributed by atoms with E-state index in [1.165, 1.54) is 38.9 Å². The second-order valence-electron chi connectivity index (χ2n) is 9.79. The van der Waals surface area contributed by atoms with Gasteiger partial charge in [0.25, 0.3) is 0 Å². The summed E-state index contributed by atoms with van der Waals surface area (Å²) in [5.41, 5.74) is 2.24. The maximum Gasteiger partial charge on any atom is 0.248 e. The van der Waals surface area contributed by atoms with Crippen LogP contribution in [0.25, 0.3) is 0 Å². The highest BCUT2D eigenvalue weighted by Crippen LogP contribution is 2.31. The Labute approximate surface area is 211 Å². The van der Waals surface area contributed by atoms with Gasteiger partial charge >= 0.3 is 0 Å². The molecule has 0 aliphatic carbocycles. The van der Waals surface area contributed by atoms with Crippen LogP contribution in [0.4, 0.5) is 0 Å². The third kappa shape index (κ3) is 7.41. The molecule has 2 aliphatic rings. The quantitative estimate of drug-likeness (QED) is 0.436. The lowest BCUT2D eigenvalue weighted by Crippen LogP contribution is -2.41. The van der Waals surface area contributed by atoms with Crippen LogP contribution >= 0.6 is 0 Å². The van der Waals surface area contributed by atoms with Crippen molar-refractivity contribution in [1.82, 2.24) is 14.5 Å². The van der Waals surface area contributed by atoms with Crippen molar-refractivity contribution in [2.75, 3.05) is 59.6 Å². The fraction of sp³-hybridized carbons (Fsp3) is 0.731. The van der Waals surface area contributed by atoms with Gasteiger partial charge < -0.3 is 19.3 Å². The maximum atomic E-state index is 13.0. The van der Waals surface area contributed by atoms with Crippen LogP contribution in [-0.4, -0.2) is 83.7 Å². The molecule has 0 unspecified atom stereocenters. The van der Waals surface area contributed by atoms with Gasteiger partial charge in [-0.25, -0.2) is 13.1 Å². The molecular formula is C26H43N3O5S. The molecule has 2 saturated heterocycles. The largest absolute Gasteiger partial charge is 0.496 e. The van der Waals surface area contributed by atoms with Gasteiger partial charge in [0.15, 0.2) is 0 Å². The van der Waals surface area contributed by atoms with Gasteiger partial charge in [-0.1, -0.05) is 6.92 Å². The van der Waals surface area contributed by atoms with E-state index in [9.17, 15) is 13.2 Å². The number of amides is 1. The van der Waals surface area contributed by atoms with Crippen LogP contribution in [0.1, 0.15) is 55.7 Å². The van der Waals surface area contributed by atoms with E-state index in [1.54, 1.807) is 20.1 Å². The van der Waals surface area contributed by atoms with E-state index in [4.69, 9.17) is 9.47 Å². The van der Waals surface area contributed by atoms with E-state index in [1.807, 2.05) is 18.7 Å². The summed E-state index contributed by atoms with van der Waals surface area (Å²) in [7, 11) is -2.11. The molecule has 0 radical (unpaired) electrons. The Bertz CT molecular complexity index is 952. The van der Waals surface area contributed by atoms with E-state index in [2.05, 4.69) is 9.62 Å². The molecule has 0 bridgehead atoms. The lowest BCUT2D eigenvalue weighted by molar-refractivity contribution is -0.137. The summed E-state index contributed by atoms with van der Waals surface area (Å²) < 4.78 is 39.5. The number of hydrogen-bond acceptors (Lipinski definition) is 6. The van der Waals surface area contributed by atoms with Gasteiger partial charge in [0.05, 0.1) is 18.6 Å². The Kier molecular flexibility index (Phi) is 10.4. The maximum absolute atomic E-state index is 13.0. The Hall–Kier alpha value is -1.68. The first-order valence-electron chi connectivity index (χ1n) is 13.0. The monoisotopic (exact) mass is 509 g/mol. The molecule has 35 heavy (non-hydrogen) atoms. The Balaban J connectivity index is 1.38. The SMILES string of the molecule is CCc1c(OC)cc(C)c(S(=O)(=O)NCCOCC(=O)N2CCC(CCN3CCCC3)CC2)c1C. The molecule has 1 N–H and O–H groups in total. The van der Waals surface area contributed by atoms with Gasteiger partial charge in [-0.15, -0.1) is 0 Å². The number of likely N-dealkylation sites (tertiary alicyclic amines) is 2. The fourth-order valence-corrected chi connectivity index (χ4v) is 6.92. The van der Waals surface area contributed by atoms with Crippen molar-refractivity contribution >= 4 is 15.9 Å². The molecule has 1 aromatic carbocycles. The minimum absolute atomic E-state index is 0.0131. The number of aryl methyl sites for hydroxylation is 1. The highest BCUT2D eigenvalue weighted by atomic mass is 32.2. The van der Waals surface area contributed by atoms with Crippen molar-refractivity contribution < 1.29 is 22.7 Å². The molecule has 0 saturated carbocycles. The summed E-state index contributed by atoms with van der Waals surface area (Å²) in [4.78, 5) is 17.2. The van der Waals surface area contributed by atoms with E-state index < -0.39 is 10.0 Å². The van der Waals surface area contributed by atoms with Crippen LogP contribution in [0, 0.1) is 19.8 Å². The molecule has 2 aliphatic heterocycles. The van der Waals surface area contributed by atoms with Gasteiger partial charge in [0.2, 0.25) is 15.9 Å². The number of piperidine rings is 1. The van der Waals surface area contributed by atoms with E-state index >= 15 is 0 Å². The first kappa shape index (κ1) is 27.9. The van der Waals surface area contributed by atoms with E-state index in [-0.39, 0.29) is 25.7 Å². The van der Waals surface area contributed by atoms with Crippen molar-refractivity contribution in [1.29, 1.82) is 0 Å². The van der Waals surface area contributed by atoms with Gasteiger partial charge in [-0.05, 0) is 101 Å². The molecule has 1 amide bonds. The van der Waals surface area contributed by atoms with Gasteiger partial charge in [0, 0.05) is 19.6 Å². The molecule has 0 atom stereocenters. The lowest BCUT2D eigenvalue weighted by Gasteiger charge is -2.32. The van der Waals surface area contributed by atoms with Crippen molar-refractivity contribution in [2.24, 2.45) is 5.92 Å². The Morgan fingerprint density at radius 2 is 1.83 bits per heavy atom. The zero-order valence-electron chi connectivity index (χ0n) is 21.9. The van der Waals surface area contributed by atoms with Crippen molar-refractivity contribution in [3.63, 3.8) is 0 Å². The first-order chi connectivity index (χ1) is 16.8. The number of carbonyl (C=O) groups is 1. The first-order valence-corrected chi connectivity index (χ1v) is 14.5. The number of carbonyl (C=O) groups excluding carboxylic acids is 1. The van der Waals surface area contributed by atoms with E-state index in [0.717, 1.165) is 31.5 Å². The molecule has 1 aromatic rings. The summed E-state index contributed by atoms with van der Waals surface area (Å²) in [6, 6.07) is 1.77. The number of rotatable bonds is 12. The van der Waals surface area contributed by atoms with Crippen molar-refractivity contribution in [3.8, 4) is 5.75 Å². The molecule has 2 heterocycles. The summed E-state index contributed by atoms with van der Waals surface area (Å²) in [5, 5.41) is 0. The number of hydrogen-bond donors (Lipinski definition) is 1. The van der Waals surface area contributed by atoms with Crippen molar-refractivity contribution in [3.05, 3.63) is 22.8 Å². The van der Waals surface area contributed by atoms with Crippen LogP contribution in [-0.2, 0) is 26.0 Å². The highest BCUT2D eigenvalue weighted by molar-refractivity contribution is 7.89. The number of ether oxygens (including phenoxy) is 2. The molecule has 9 heteroatoms. The molecule has 198 valence electrons. The van der Waals surface area contributed by atoms with Crippen LogP contribution in [0.15, 0.2) is 11.0 Å². The molecule has 8 nitrogen and oxygen atoms in total. The van der Waals surface area contributed by atoms with Crippen molar-refractivity contribution in [2.45, 2.75) is 64.2 Å². The minimum atomic E-state index is -3.70. The molecule has 0 spiro atoms. The molecular weight excluding hydrogens is 466 g/mol. The number of sulfonamides is 1. The van der Waals surface area contributed by atoms with Gasteiger partial charge in [-0.2, -0.15) is 0 Å². The zero-order chi connectivity index (χ0) is 25.4. The average molecular weight is 510 g/mol. The number of benzene rings is 1. The Morgan fingerprint density at radius 1 is 1.14 bits per heavy atom. The lowest BCUT2D eigenvalue weighted by atomic mass is 9.93. The summed E-state index contributed by atoms with van der Waals surface area (Å²) >= 11 is 0. The third-order valence-corrected chi connectivity index (χ3v) is 9.17. The zero-order valence-corrected chi connectivity index (χ0v) is 22.7. The summed E-state index contributed by atoms with van der Waals surface area (Å²) in [6.07, 6.45) is 6.67. The van der Waals surface area contributed by atoms with Crippen LogP contribution in [0.2, 0.25) is 0 Å². The number of nitrogens with one attached hydrogen (secondary N) is 1. The van der Waals surface area contributed by atoms with Gasteiger partial charge in [0.1, 0.15) is 12.4 Å². The average Bonchev–Trinajstić information content (AvgIpc) is 3.36. The highest BCUT2D eigenvalue weighted by Gasteiger charge is 2.25. The van der Waals surface area contributed by atoms with Crippen LogP contribution in [0.5, 0.6) is 5.75 Å². The van der Waals surface area contributed by atoms with Crippen LogP contribution in [0.3, 0.4) is 0 Å². The number of methoxy groups -OCH3 is 1. The Morgan fingerprint density at radius 3 is 2.46 bits per heavy atom. The van der Waals surface area contributed by atoms with Crippen LogP contribution < -0.4 is 9.46 Å². The summed E-state index contributed by atoms with van der Waals surface area (Å²) in [5.74, 6) is 1.40. The topological polar surface area (TPSA) is 88.2 Å². The molecule has 3 rings (SSSR count). The third-order valence-electron chi connectivity index (χ3n) is 7.42. The second-order valence-corrected chi connectivity index (χ2v) is 11.5. The number of nitrogens with zero attached hydrogens (tertiary/aromatic N) is 2. The minimum Gasteiger partial charge on any atom is -0.496 e. The predicted octanol–water partition coefficient (Wildman–Crippen LogP) is 2.89. The van der Waals surface area contributed by atoms with Gasteiger partial charge in [-0.3, -0.25) is 4.79 Å². The second kappa shape index (κ2) is 13.0. The predicted molar refractivity (Wildman–Crippen MR) is 137 cm³/mol. The smallest absolute Gasteiger partial charge is 0.248 e. The fourth-order valence-electron chi connectivity index (χ4n) is 5.42. The molecule has 2 fully saturated rings. The van der Waals surface area contributed by atoms with E-state index in [0.29, 0.717) is 34.1 Å². The normalized spacial score (nSPS) is 17.8. The standard InChI is InChI=1S/C26H43N3O5S/c1-5-23-21(3)26(20(2)18-24(23)33-4)35(31,32)27-11-17-34-19-25(30)29-15-9-22(10-16-29)8-14-28-12-6-7-13-28/h18,22,27H,5-17,19H2,1-4H3. The molecule has 0 aromatic heterocycles.